The van der Waals surface area contributed by atoms with Gasteiger partial charge in [0.15, 0.2) is 0 Å². The molecule has 8 heteroatoms. The molecule has 0 saturated carbocycles. The molecule has 1 aromatic carbocycles. The molecular formula is C25H26FN5O2. The number of carbonyl (C=O) groups excluding carboxylic acids is 1. The number of nitrogens with zero attached hydrogens (tertiary/aromatic N) is 4. The molecule has 3 aromatic rings. The van der Waals surface area contributed by atoms with Crippen LogP contribution in [0.4, 0.5) is 4.39 Å². The number of H-pyrrole nitrogens is 1. The molecule has 0 spiro atoms. The Bertz CT molecular complexity index is 1210. The minimum absolute atomic E-state index is 0.0493. The standard InChI is InChI=1S/C25H26FN5O2/c26-20-6-2-1-5-18(20)25(33)31-13-4-3-7-22(31)23-28-21-16-30(14-10-19(21)24(32)29-23)15-17-8-11-27-12-9-17/h1-2,5-6,8-9,11-12,22H,3-4,7,10,13-16H2,(H,28,29,32)/t22-/m0/s1. The van der Waals surface area contributed by atoms with Gasteiger partial charge in [-0.05, 0) is 55.5 Å². The first-order valence-corrected chi connectivity index (χ1v) is 11.4. The van der Waals surface area contributed by atoms with Gasteiger partial charge >= 0.3 is 0 Å². The van der Waals surface area contributed by atoms with Crippen molar-refractivity contribution in [3.05, 3.63) is 93.2 Å². The zero-order valence-corrected chi connectivity index (χ0v) is 18.3. The van der Waals surface area contributed by atoms with E-state index < -0.39 is 5.82 Å². The first kappa shape index (κ1) is 21.5. The molecule has 1 N–H and O–H groups in total. The van der Waals surface area contributed by atoms with Crippen LogP contribution < -0.4 is 5.56 Å². The average molecular weight is 448 g/mol. The molecule has 2 aliphatic heterocycles. The summed E-state index contributed by atoms with van der Waals surface area (Å²) in [6.07, 6.45) is 6.62. The van der Waals surface area contributed by atoms with Gasteiger partial charge in [0.05, 0.1) is 17.3 Å². The highest BCUT2D eigenvalue weighted by Gasteiger charge is 2.33. The molecule has 1 saturated heterocycles. The van der Waals surface area contributed by atoms with Gasteiger partial charge in [0.2, 0.25) is 0 Å². The molecule has 5 rings (SSSR count). The van der Waals surface area contributed by atoms with Crippen LogP contribution in [0.15, 0.2) is 53.6 Å². The number of hydrogen-bond acceptors (Lipinski definition) is 5. The Morgan fingerprint density at radius 1 is 1.12 bits per heavy atom. The minimum atomic E-state index is -0.537. The summed E-state index contributed by atoms with van der Waals surface area (Å²) in [5.74, 6) is -0.406. The van der Waals surface area contributed by atoms with E-state index in [-0.39, 0.29) is 23.1 Å². The second-order valence-corrected chi connectivity index (χ2v) is 8.68. The van der Waals surface area contributed by atoms with Crippen molar-refractivity contribution in [2.45, 2.75) is 44.8 Å². The Labute approximate surface area is 191 Å². The lowest BCUT2D eigenvalue weighted by Gasteiger charge is -2.36. The van der Waals surface area contributed by atoms with E-state index in [9.17, 15) is 14.0 Å². The lowest BCUT2D eigenvalue weighted by atomic mass is 9.99. The number of aromatic amines is 1. The summed E-state index contributed by atoms with van der Waals surface area (Å²) in [6.45, 7) is 2.61. The van der Waals surface area contributed by atoms with Gasteiger partial charge in [-0.15, -0.1) is 0 Å². The van der Waals surface area contributed by atoms with E-state index in [1.54, 1.807) is 29.4 Å². The highest BCUT2D eigenvalue weighted by atomic mass is 19.1. The molecule has 1 amide bonds. The molecular weight excluding hydrogens is 421 g/mol. The van der Waals surface area contributed by atoms with E-state index in [0.29, 0.717) is 37.3 Å². The highest BCUT2D eigenvalue weighted by molar-refractivity contribution is 5.94. The highest BCUT2D eigenvalue weighted by Crippen LogP contribution is 2.31. The number of fused-ring (bicyclic) bond motifs is 1. The van der Waals surface area contributed by atoms with E-state index in [1.165, 1.54) is 12.1 Å². The van der Waals surface area contributed by atoms with Crippen molar-refractivity contribution < 1.29 is 9.18 Å². The van der Waals surface area contributed by atoms with Crippen LogP contribution in [0.1, 0.15) is 58.3 Å². The Balaban J connectivity index is 1.42. The maximum atomic E-state index is 14.3. The summed E-state index contributed by atoms with van der Waals surface area (Å²) in [7, 11) is 0. The van der Waals surface area contributed by atoms with Crippen LogP contribution in [-0.4, -0.2) is 43.7 Å². The third-order valence-corrected chi connectivity index (χ3v) is 6.51. The van der Waals surface area contributed by atoms with Crippen molar-refractivity contribution in [3.8, 4) is 0 Å². The lowest BCUT2D eigenvalue weighted by Crippen LogP contribution is -2.41. The number of rotatable bonds is 4. The first-order chi connectivity index (χ1) is 16.1. The van der Waals surface area contributed by atoms with Gasteiger partial charge in [0, 0.05) is 44.1 Å². The Morgan fingerprint density at radius 2 is 1.94 bits per heavy atom. The topological polar surface area (TPSA) is 82.2 Å². The smallest absolute Gasteiger partial charge is 0.257 e. The number of pyridine rings is 1. The van der Waals surface area contributed by atoms with Crippen LogP contribution in [0.5, 0.6) is 0 Å². The number of halogens is 1. The molecule has 2 aliphatic rings. The average Bonchev–Trinajstić information content (AvgIpc) is 2.84. The normalized spacial score (nSPS) is 18.7. The number of nitrogens with one attached hydrogen (secondary N) is 1. The predicted molar refractivity (Wildman–Crippen MR) is 121 cm³/mol. The van der Waals surface area contributed by atoms with E-state index in [4.69, 9.17) is 4.98 Å². The summed E-state index contributed by atoms with van der Waals surface area (Å²) in [6, 6.07) is 9.62. The summed E-state index contributed by atoms with van der Waals surface area (Å²) in [4.78, 5) is 41.9. The number of hydrogen-bond donors (Lipinski definition) is 1. The molecule has 2 aromatic heterocycles. The van der Waals surface area contributed by atoms with Crippen LogP contribution in [0, 0.1) is 5.82 Å². The molecule has 7 nitrogen and oxygen atoms in total. The molecule has 0 bridgehead atoms. The van der Waals surface area contributed by atoms with Crippen molar-refractivity contribution in [3.63, 3.8) is 0 Å². The summed E-state index contributed by atoms with van der Waals surface area (Å²) in [5.41, 5.74) is 2.55. The van der Waals surface area contributed by atoms with E-state index >= 15 is 0 Å². The second kappa shape index (κ2) is 9.23. The zero-order chi connectivity index (χ0) is 22.8. The van der Waals surface area contributed by atoms with Crippen molar-refractivity contribution in [2.75, 3.05) is 13.1 Å². The molecule has 0 unspecified atom stereocenters. The Morgan fingerprint density at radius 3 is 2.76 bits per heavy atom. The van der Waals surface area contributed by atoms with Gasteiger partial charge in [0.1, 0.15) is 11.6 Å². The minimum Gasteiger partial charge on any atom is -0.328 e. The molecule has 0 radical (unpaired) electrons. The molecule has 1 atom stereocenters. The largest absolute Gasteiger partial charge is 0.328 e. The quantitative estimate of drug-likeness (QED) is 0.664. The van der Waals surface area contributed by atoms with Crippen molar-refractivity contribution in [2.24, 2.45) is 0 Å². The SMILES string of the molecule is O=C(c1ccccc1F)N1CCCC[C@H]1c1nc2c(c(=O)[nH]1)CCN(Cc1ccncc1)C2. The maximum absolute atomic E-state index is 14.3. The van der Waals surface area contributed by atoms with Gasteiger partial charge in [-0.3, -0.25) is 19.5 Å². The number of benzene rings is 1. The summed E-state index contributed by atoms with van der Waals surface area (Å²) >= 11 is 0. The third kappa shape index (κ3) is 4.43. The fourth-order valence-corrected chi connectivity index (χ4v) is 4.80. The van der Waals surface area contributed by atoms with Crippen molar-refractivity contribution in [1.29, 1.82) is 0 Å². The summed E-state index contributed by atoms with van der Waals surface area (Å²) in [5, 5.41) is 0. The van der Waals surface area contributed by atoms with Gasteiger partial charge in [-0.2, -0.15) is 0 Å². The van der Waals surface area contributed by atoms with Crippen LogP contribution in [0.25, 0.3) is 0 Å². The van der Waals surface area contributed by atoms with Crippen LogP contribution in [0.2, 0.25) is 0 Å². The van der Waals surface area contributed by atoms with E-state index in [1.807, 2.05) is 12.1 Å². The fourth-order valence-electron chi connectivity index (χ4n) is 4.80. The van der Waals surface area contributed by atoms with Gasteiger partial charge in [0.25, 0.3) is 11.5 Å². The maximum Gasteiger partial charge on any atom is 0.257 e. The van der Waals surface area contributed by atoms with E-state index in [0.717, 1.165) is 37.2 Å². The molecule has 1 fully saturated rings. The fraction of sp³-hybridized carbons (Fsp3) is 0.360. The van der Waals surface area contributed by atoms with Crippen molar-refractivity contribution in [1.82, 2.24) is 24.8 Å². The number of aromatic nitrogens is 3. The Hall–Kier alpha value is -3.39. The monoisotopic (exact) mass is 447 g/mol. The van der Waals surface area contributed by atoms with Gasteiger partial charge in [-0.25, -0.2) is 9.37 Å². The number of carbonyl (C=O) groups is 1. The number of likely N-dealkylation sites (tertiary alicyclic amines) is 1. The lowest BCUT2D eigenvalue weighted by molar-refractivity contribution is 0.0593. The number of amides is 1. The predicted octanol–water partition coefficient (Wildman–Crippen LogP) is 3.23. The van der Waals surface area contributed by atoms with Crippen LogP contribution in [-0.2, 0) is 19.5 Å². The molecule has 0 aliphatic carbocycles. The molecule has 4 heterocycles. The number of piperidine rings is 1. The first-order valence-electron chi connectivity index (χ1n) is 11.4. The zero-order valence-electron chi connectivity index (χ0n) is 18.3. The van der Waals surface area contributed by atoms with Crippen LogP contribution in [0.3, 0.4) is 0 Å². The molecule has 170 valence electrons. The Kier molecular flexibility index (Phi) is 6.00. The van der Waals surface area contributed by atoms with Crippen molar-refractivity contribution >= 4 is 5.91 Å². The van der Waals surface area contributed by atoms with Crippen LogP contribution >= 0.6 is 0 Å². The molecule has 33 heavy (non-hydrogen) atoms. The summed E-state index contributed by atoms with van der Waals surface area (Å²) < 4.78 is 14.3. The third-order valence-electron chi connectivity index (χ3n) is 6.51. The van der Waals surface area contributed by atoms with Gasteiger partial charge < -0.3 is 9.88 Å². The second-order valence-electron chi connectivity index (χ2n) is 8.68. The van der Waals surface area contributed by atoms with E-state index in [2.05, 4.69) is 14.9 Å². The van der Waals surface area contributed by atoms with Gasteiger partial charge in [-0.1, -0.05) is 12.1 Å².